The Morgan fingerprint density at radius 3 is 2.73 bits per heavy atom. The van der Waals surface area contributed by atoms with Crippen LogP contribution in [0.5, 0.6) is 11.5 Å². The van der Waals surface area contributed by atoms with Gasteiger partial charge in [0.2, 0.25) is 0 Å². The van der Waals surface area contributed by atoms with Crippen LogP contribution >= 0.6 is 27.7 Å². The number of imide groups is 1. The topological polar surface area (TPSA) is 79.6 Å². The van der Waals surface area contributed by atoms with Crippen LogP contribution in [0.25, 0.3) is 6.08 Å². The van der Waals surface area contributed by atoms with Crippen molar-refractivity contribution < 1.29 is 19.1 Å². The van der Waals surface area contributed by atoms with Crippen molar-refractivity contribution in [2.75, 3.05) is 13.7 Å². The lowest BCUT2D eigenvalue weighted by Gasteiger charge is -2.13. The molecule has 0 atom stereocenters. The molecule has 0 unspecified atom stereocenters. The molecule has 1 saturated heterocycles. The minimum atomic E-state index is -0.420. The third-order valence-corrected chi connectivity index (χ3v) is 5.81. The Balaban J connectivity index is 1.88. The summed E-state index contributed by atoms with van der Waals surface area (Å²) in [4.78, 5) is 26.7. The summed E-state index contributed by atoms with van der Waals surface area (Å²) >= 11 is 4.29. The summed E-state index contributed by atoms with van der Waals surface area (Å²) in [6.07, 6.45) is 6.84. The fourth-order valence-corrected chi connectivity index (χ4v) is 4.03. The first-order valence-electron chi connectivity index (χ1n) is 8.65. The molecule has 150 valence electrons. The van der Waals surface area contributed by atoms with Crippen LogP contribution in [0, 0.1) is 23.7 Å². The fraction of sp³-hybridized carbons (Fsp3) is 0.136. The third-order valence-electron chi connectivity index (χ3n) is 4.22. The number of nitriles is 1. The van der Waals surface area contributed by atoms with E-state index >= 15 is 0 Å². The molecule has 1 aliphatic heterocycles. The number of ether oxygens (including phenoxy) is 2. The number of hydrogen-bond donors (Lipinski definition) is 0. The summed E-state index contributed by atoms with van der Waals surface area (Å²) < 4.78 is 11.4. The van der Waals surface area contributed by atoms with E-state index < -0.39 is 11.1 Å². The van der Waals surface area contributed by atoms with Crippen LogP contribution in [0.1, 0.15) is 16.7 Å². The molecule has 0 saturated carbocycles. The molecular weight excluding hydrogens is 468 g/mol. The largest absolute Gasteiger partial charge is 0.493 e. The minimum Gasteiger partial charge on any atom is -0.493 e. The molecule has 0 aliphatic carbocycles. The summed E-state index contributed by atoms with van der Waals surface area (Å²) in [5.41, 5.74) is 1.68. The van der Waals surface area contributed by atoms with Crippen molar-refractivity contribution in [2.45, 2.75) is 6.54 Å². The molecule has 3 rings (SSSR count). The normalized spacial score (nSPS) is 14.5. The molecule has 0 spiro atoms. The highest BCUT2D eigenvalue weighted by Crippen LogP contribution is 2.38. The molecule has 1 heterocycles. The van der Waals surface area contributed by atoms with E-state index in [1.54, 1.807) is 42.5 Å². The molecule has 2 aromatic carbocycles. The van der Waals surface area contributed by atoms with Crippen molar-refractivity contribution in [3.63, 3.8) is 0 Å². The molecule has 8 heteroatoms. The van der Waals surface area contributed by atoms with E-state index in [1.165, 1.54) is 7.11 Å². The van der Waals surface area contributed by atoms with Crippen molar-refractivity contribution in [3.05, 3.63) is 62.5 Å². The molecule has 1 fully saturated rings. The van der Waals surface area contributed by atoms with Gasteiger partial charge >= 0.3 is 0 Å². The fourth-order valence-electron chi connectivity index (χ4n) is 2.77. The highest BCUT2D eigenvalue weighted by atomic mass is 79.9. The van der Waals surface area contributed by atoms with E-state index in [-0.39, 0.29) is 18.1 Å². The maximum Gasteiger partial charge on any atom is 0.293 e. The number of hydrogen-bond acceptors (Lipinski definition) is 6. The van der Waals surface area contributed by atoms with Gasteiger partial charge in [0.1, 0.15) is 6.61 Å². The maximum absolute atomic E-state index is 12.8. The zero-order chi connectivity index (χ0) is 21.7. The van der Waals surface area contributed by atoms with Crippen LogP contribution in [0.15, 0.2) is 45.8 Å². The van der Waals surface area contributed by atoms with Crippen LogP contribution in [0.3, 0.4) is 0 Å². The van der Waals surface area contributed by atoms with Gasteiger partial charge in [0, 0.05) is 4.47 Å². The summed E-state index contributed by atoms with van der Waals surface area (Å²) in [5, 5.41) is 8.84. The lowest BCUT2D eigenvalue weighted by atomic mass is 10.1. The number of methoxy groups -OCH3 is 1. The summed E-state index contributed by atoms with van der Waals surface area (Å²) in [7, 11) is 1.50. The number of benzene rings is 2. The van der Waals surface area contributed by atoms with Gasteiger partial charge in [0.05, 0.1) is 30.2 Å². The van der Waals surface area contributed by atoms with Crippen LogP contribution in [-0.2, 0) is 11.3 Å². The van der Waals surface area contributed by atoms with E-state index in [0.29, 0.717) is 32.7 Å². The number of rotatable bonds is 6. The first-order valence-corrected chi connectivity index (χ1v) is 10.3. The number of thioether (sulfide) groups is 1. The van der Waals surface area contributed by atoms with Crippen LogP contribution in [-0.4, -0.2) is 29.8 Å². The zero-order valence-electron chi connectivity index (χ0n) is 15.8. The molecular formula is C22H15BrN2O4S. The van der Waals surface area contributed by atoms with Crippen molar-refractivity contribution in [2.24, 2.45) is 0 Å². The third kappa shape index (κ3) is 4.51. The number of nitrogens with zero attached hydrogens (tertiary/aromatic N) is 2. The van der Waals surface area contributed by atoms with E-state index in [2.05, 4.69) is 27.9 Å². The van der Waals surface area contributed by atoms with E-state index in [1.807, 2.05) is 0 Å². The number of terminal acetylenes is 1. The molecule has 0 aromatic heterocycles. The smallest absolute Gasteiger partial charge is 0.293 e. The average Bonchev–Trinajstić information content (AvgIpc) is 3.01. The predicted molar refractivity (Wildman–Crippen MR) is 118 cm³/mol. The Bertz CT molecular complexity index is 1130. The number of carbonyl (C=O) groups excluding carboxylic acids is 2. The molecule has 0 radical (unpaired) electrons. The Labute approximate surface area is 186 Å². The second-order valence-electron chi connectivity index (χ2n) is 6.05. The van der Waals surface area contributed by atoms with Crippen LogP contribution in [0.2, 0.25) is 0 Å². The average molecular weight is 483 g/mol. The number of amides is 2. The molecule has 2 aromatic rings. The predicted octanol–water partition coefficient (Wildman–Crippen LogP) is 4.58. The number of halogens is 1. The van der Waals surface area contributed by atoms with Crippen LogP contribution in [0.4, 0.5) is 4.79 Å². The van der Waals surface area contributed by atoms with Crippen molar-refractivity contribution in [3.8, 4) is 29.9 Å². The second kappa shape index (κ2) is 9.53. The van der Waals surface area contributed by atoms with Gasteiger partial charge in [-0.15, -0.1) is 6.42 Å². The van der Waals surface area contributed by atoms with Crippen LogP contribution < -0.4 is 9.47 Å². The van der Waals surface area contributed by atoms with Gasteiger partial charge in [-0.05, 0) is 47.2 Å². The second-order valence-corrected chi connectivity index (χ2v) is 7.90. The van der Waals surface area contributed by atoms with Gasteiger partial charge < -0.3 is 9.47 Å². The first kappa shape index (κ1) is 21.5. The van der Waals surface area contributed by atoms with Gasteiger partial charge in [0.15, 0.2) is 11.5 Å². The van der Waals surface area contributed by atoms with E-state index in [0.717, 1.165) is 16.7 Å². The quantitative estimate of drug-likeness (QED) is 0.442. The Morgan fingerprint density at radius 1 is 1.27 bits per heavy atom. The minimum absolute atomic E-state index is 0.0368. The van der Waals surface area contributed by atoms with Gasteiger partial charge in [0.25, 0.3) is 11.1 Å². The molecule has 0 bridgehead atoms. The molecule has 1 aliphatic rings. The maximum atomic E-state index is 12.8. The molecule has 0 N–H and O–H groups in total. The SMILES string of the molecule is C#CCOc1cc(Br)c(/C=C2/SC(=O)N(Cc3ccccc3C#N)C2=O)cc1OC. The lowest BCUT2D eigenvalue weighted by molar-refractivity contribution is -0.123. The lowest BCUT2D eigenvalue weighted by Crippen LogP contribution is -2.27. The zero-order valence-corrected chi connectivity index (χ0v) is 18.2. The Kier molecular flexibility index (Phi) is 6.83. The molecule has 2 amide bonds. The van der Waals surface area contributed by atoms with Crippen molar-refractivity contribution in [1.82, 2.24) is 4.90 Å². The highest BCUT2D eigenvalue weighted by Gasteiger charge is 2.35. The van der Waals surface area contributed by atoms with E-state index in [9.17, 15) is 14.9 Å². The molecule has 30 heavy (non-hydrogen) atoms. The van der Waals surface area contributed by atoms with E-state index in [4.69, 9.17) is 15.9 Å². The standard InChI is InChI=1S/C22H15BrN2O4S/c1-3-8-29-19-11-17(23)16(9-18(19)28-2)10-20-21(26)25(22(27)30-20)13-15-7-5-4-6-14(15)12-24/h1,4-7,9-11H,8,13H2,2H3/b20-10+. The van der Waals surface area contributed by atoms with Crippen molar-refractivity contribution >= 4 is 44.9 Å². The van der Waals surface area contributed by atoms with Gasteiger partial charge in [-0.25, -0.2) is 0 Å². The Hall–Kier alpha value is -3.20. The number of carbonyl (C=O) groups is 2. The highest BCUT2D eigenvalue weighted by molar-refractivity contribution is 9.10. The Morgan fingerprint density at radius 2 is 2.03 bits per heavy atom. The summed E-state index contributed by atoms with van der Waals surface area (Å²) in [5.74, 6) is 2.87. The van der Waals surface area contributed by atoms with Gasteiger partial charge in [-0.2, -0.15) is 5.26 Å². The van der Waals surface area contributed by atoms with Crippen molar-refractivity contribution in [1.29, 1.82) is 5.26 Å². The monoisotopic (exact) mass is 482 g/mol. The first-order chi connectivity index (χ1) is 14.5. The molecule has 6 nitrogen and oxygen atoms in total. The van der Waals surface area contributed by atoms with Gasteiger partial charge in [-0.3, -0.25) is 14.5 Å². The summed E-state index contributed by atoms with van der Waals surface area (Å²) in [6, 6.07) is 12.3. The van der Waals surface area contributed by atoms with Gasteiger partial charge in [-0.1, -0.05) is 40.0 Å². The summed E-state index contributed by atoms with van der Waals surface area (Å²) in [6.45, 7) is 0.125.